The minimum Gasteiger partial charge on any atom is -0.201 e. The second kappa shape index (κ2) is 34.4. The molecule has 0 saturated heterocycles. The zero-order valence-electron chi connectivity index (χ0n) is 74.9. The van der Waals surface area contributed by atoms with Crippen molar-refractivity contribution in [2.75, 3.05) is 0 Å². The van der Waals surface area contributed by atoms with Crippen molar-refractivity contribution in [3.63, 3.8) is 0 Å². The molecule has 10 aromatic rings. The van der Waals surface area contributed by atoms with Crippen LogP contribution in [0.1, 0.15) is 239 Å². The highest BCUT2D eigenvalue weighted by molar-refractivity contribution is 5.66. The average Bonchev–Trinajstić information content (AvgIpc) is 0.760. The molecule has 0 amide bonds. The molecule has 0 unspecified atom stereocenters. The zero-order valence-corrected chi connectivity index (χ0v) is 68.9. The molecule has 0 atom stereocenters. The van der Waals surface area contributed by atoms with Gasteiger partial charge in [0.05, 0.1) is 0 Å². The monoisotopic (exact) mass is 1380 g/mol. The third-order valence-electron chi connectivity index (χ3n) is 22.6. The van der Waals surface area contributed by atoms with Crippen LogP contribution >= 0.6 is 0 Å². The first kappa shape index (κ1) is 73.6. The number of hydrogen-bond acceptors (Lipinski definition) is 0. The van der Waals surface area contributed by atoms with Crippen LogP contribution in [0.25, 0.3) is 56.3 Å². The summed E-state index contributed by atoms with van der Waals surface area (Å²) in [6.45, 7) is 50.9. The van der Waals surface area contributed by atoms with Crippen LogP contribution in [0, 0.1) is 82.9 Å². The SMILES string of the molecule is CCC(C)(C)c1c[n+](C)c(-c2ccc(C)cc2C)cc1C.CCC(C)(C)c1c[n+](C)c(-c2ccccc2C)cc1C.CCC(C)(C)c1c[n+](C)c(-c2ccccc2C)cc1C.CCC(C)(C)c1ccc(-c2ccc(C)cc2C)[n+](C)c1.[2H]C([2H])([2H])c1ccc(-c2cc(C([2H])([2H])[2H])c(C(C)(C)CC)c[n+]2C)c(C)c1. The minimum atomic E-state index is -2.22. The number of aromatic nitrogens is 5. The van der Waals surface area contributed by atoms with Gasteiger partial charge in [0.2, 0.25) is 28.5 Å². The Bertz CT molecular complexity index is 4670. The summed E-state index contributed by atoms with van der Waals surface area (Å²) in [5, 5.41) is 0. The van der Waals surface area contributed by atoms with E-state index in [1.807, 2.05) is 38.6 Å². The second-order valence-electron chi connectivity index (χ2n) is 32.6. The molecule has 0 aliphatic rings. The molecule has 5 nitrogen and oxygen atoms in total. The Morgan fingerprint density at radius 1 is 0.255 bits per heavy atom. The highest BCUT2D eigenvalue weighted by Crippen LogP contribution is 2.36. The van der Waals surface area contributed by atoms with Crippen LogP contribution < -0.4 is 22.8 Å². The fourth-order valence-electron chi connectivity index (χ4n) is 13.8. The highest BCUT2D eigenvalue weighted by Gasteiger charge is 2.31. The van der Waals surface area contributed by atoms with E-state index < -0.39 is 13.7 Å². The molecule has 5 aromatic heterocycles. The predicted octanol–water partition coefficient (Wildman–Crippen LogP) is 23.0. The van der Waals surface area contributed by atoms with Gasteiger partial charge < -0.3 is 0 Å². The number of nitrogens with zero attached hydrogens (tertiary/aromatic N) is 5. The number of pyridine rings is 5. The van der Waals surface area contributed by atoms with Crippen LogP contribution in [0.3, 0.4) is 0 Å². The van der Waals surface area contributed by atoms with Crippen LogP contribution in [-0.4, -0.2) is 0 Å². The standard InChI is InChI=1S/2C20H28N.3C19H26N/c2*1-8-20(5,6)18-13-21(7)19(12-16(18)4)17-10-9-14(2)11-15(17)3;1-7-19(4,5)16-9-11-18(20(6)13-16)17-10-8-14(2)12-15(17)3;2*1-7-19(4,5)17-13-20(6)18(12-15(17)3)16-11-9-8-10-14(16)2/h2*9-13H,8H2,1-7H3;3*8-13H,7H2,1-6H3/q5*+1/i2D3,4D3;;;;. The smallest absolute Gasteiger partial charge is 0.201 e. The molecule has 0 saturated carbocycles. The van der Waals surface area contributed by atoms with Crippen molar-refractivity contribution in [1.82, 2.24) is 0 Å². The van der Waals surface area contributed by atoms with Crippen molar-refractivity contribution < 1.29 is 31.1 Å². The van der Waals surface area contributed by atoms with Crippen molar-refractivity contribution >= 4 is 0 Å². The van der Waals surface area contributed by atoms with Crippen molar-refractivity contribution in [2.45, 2.75) is 246 Å². The van der Waals surface area contributed by atoms with Crippen molar-refractivity contribution in [3.8, 4) is 56.3 Å². The van der Waals surface area contributed by atoms with E-state index in [1.54, 1.807) is 24.3 Å². The van der Waals surface area contributed by atoms with Gasteiger partial charge in [-0.05, 0) is 229 Å². The highest BCUT2D eigenvalue weighted by atomic mass is 14.9. The fourth-order valence-corrected chi connectivity index (χ4v) is 13.8. The van der Waals surface area contributed by atoms with Gasteiger partial charge in [-0.2, -0.15) is 0 Å². The maximum Gasteiger partial charge on any atom is 0.212 e. The molecule has 5 heterocycles. The fraction of sp³-hybridized carbons (Fsp3) is 0.433. The van der Waals surface area contributed by atoms with E-state index in [2.05, 4.69) is 339 Å². The number of aryl methyl sites for hydroxylation is 17. The summed E-state index contributed by atoms with van der Waals surface area (Å²) in [5.74, 6) is 0. The number of rotatable bonds is 15. The Kier molecular flexibility index (Phi) is 24.8. The van der Waals surface area contributed by atoms with Crippen LogP contribution in [0.4, 0.5) is 0 Å². The van der Waals surface area contributed by atoms with E-state index in [1.165, 1.54) is 117 Å². The van der Waals surface area contributed by atoms with E-state index in [0.717, 1.165) is 54.5 Å². The van der Waals surface area contributed by atoms with E-state index in [9.17, 15) is 0 Å². The summed E-state index contributed by atoms with van der Waals surface area (Å²) in [7, 11) is 10.5. The lowest BCUT2D eigenvalue weighted by atomic mass is 9.80. The molecule has 102 heavy (non-hydrogen) atoms. The normalized spacial score (nSPS) is 12.8. The van der Waals surface area contributed by atoms with Crippen LogP contribution in [0.2, 0.25) is 0 Å². The first-order valence-corrected chi connectivity index (χ1v) is 37.5. The van der Waals surface area contributed by atoms with Crippen LogP contribution in [0.5, 0.6) is 0 Å². The third-order valence-corrected chi connectivity index (χ3v) is 22.6. The molecule has 5 aromatic carbocycles. The summed E-state index contributed by atoms with van der Waals surface area (Å²) in [6, 6.07) is 48.8. The summed E-state index contributed by atoms with van der Waals surface area (Å²) < 4.78 is 57.8. The lowest BCUT2D eigenvalue weighted by Gasteiger charge is -2.24. The van der Waals surface area contributed by atoms with Gasteiger partial charge in [-0.1, -0.05) is 193 Å². The van der Waals surface area contributed by atoms with Gasteiger partial charge in [0.1, 0.15) is 35.2 Å². The molecule has 542 valence electrons. The Morgan fingerprint density at radius 3 is 0.824 bits per heavy atom. The summed E-state index contributed by atoms with van der Waals surface area (Å²) in [6.07, 6.45) is 16.5. The van der Waals surface area contributed by atoms with Crippen molar-refractivity contribution in [3.05, 3.63) is 265 Å². The molecule has 0 N–H and O–H groups in total. The molecule has 5 heteroatoms. The van der Waals surface area contributed by atoms with Gasteiger partial charge in [-0.25, -0.2) is 22.8 Å². The quantitative estimate of drug-likeness (QED) is 0.0912. The summed E-state index contributed by atoms with van der Waals surface area (Å²) in [5.41, 5.74) is 32.8. The molecule has 0 aliphatic carbocycles. The molecule has 10 rings (SSSR count). The number of benzene rings is 5. The molecule has 0 radical (unpaired) electrons. The van der Waals surface area contributed by atoms with Gasteiger partial charge in [-0.15, -0.1) is 0 Å². The largest absolute Gasteiger partial charge is 0.212 e. The van der Waals surface area contributed by atoms with Gasteiger partial charge in [-0.3, -0.25) is 0 Å². The molecular formula is C97H134N5+5. The van der Waals surface area contributed by atoms with Crippen molar-refractivity contribution in [1.29, 1.82) is 0 Å². The molecule has 0 bridgehead atoms. The average molecular weight is 1380 g/mol. The van der Waals surface area contributed by atoms with Crippen LogP contribution in [0.15, 0.2) is 171 Å². The summed E-state index contributed by atoms with van der Waals surface area (Å²) >= 11 is 0. The Hall–Kier alpha value is -8.15. The minimum absolute atomic E-state index is 0.225. The van der Waals surface area contributed by atoms with Gasteiger partial charge in [0.15, 0.2) is 31.0 Å². The van der Waals surface area contributed by atoms with Crippen molar-refractivity contribution in [2.24, 2.45) is 35.2 Å². The molecule has 0 spiro atoms. The second-order valence-corrected chi connectivity index (χ2v) is 32.6. The first-order valence-electron chi connectivity index (χ1n) is 40.5. The van der Waals surface area contributed by atoms with Gasteiger partial charge in [0.25, 0.3) is 0 Å². The van der Waals surface area contributed by atoms with E-state index >= 15 is 0 Å². The lowest BCUT2D eigenvalue weighted by Crippen LogP contribution is -2.34. The Morgan fingerprint density at radius 2 is 0.529 bits per heavy atom. The molecule has 0 fully saturated rings. The van der Waals surface area contributed by atoms with Gasteiger partial charge in [0, 0.05) is 94.2 Å². The van der Waals surface area contributed by atoms with E-state index in [-0.39, 0.29) is 32.6 Å². The van der Waals surface area contributed by atoms with E-state index in [4.69, 9.17) is 8.22 Å². The third kappa shape index (κ3) is 20.0. The zero-order chi connectivity index (χ0) is 81.3. The number of hydrogen-bond donors (Lipinski definition) is 0. The lowest BCUT2D eigenvalue weighted by molar-refractivity contribution is -0.661. The topological polar surface area (TPSA) is 19.4 Å². The maximum atomic E-state index is 8.02. The first-order chi connectivity index (χ1) is 50.0. The van der Waals surface area contributed by atoms with E-state index in [0.29, 0.717) is 5.56 Å². The van der Waals surface area contributed by atoms with Gasteiger partial charge >= 0.3 is 0 Å². The predicted molar refractivity (Wildman–Crippen MR) is 439 cm³/mol. The Labute approximate surface area is 630 Å². The van der Waals surface area contributed by atoms with Crippen LogP contribution in [-0.2, 0) is 62.3 Å². The molecular weight excluding hydrogens is 1240 g/mol. The Balaban J connectivity index is 0.000000212. The molecule has 0 aliphatic heterocycles. The summed E-state index contributed by atoms with van der Waals surface area (Å²) in [4.78, 5) is 0. The maximum absolute atomic E-state index is 8.02.